The quantitative estimate of drug-likeness (QED) is 0.123. The molecule has 4 saturated carbocycles. The van der Waals surface area contributed by atoms with Gasteiger partial charge < -0.3 is 5.32 Å². The summed E-state index contributed by atoms with van der Waals surface area (Å²) in [5.41, 5.74) is 12.8. The van der Waals surface area contributed by atoms with E-state index in [-0.39, 0.29) is 35.0 Å². The van der Waals surface area contributed by atoms with Crippen molar-refractivity contribution in [2.45, 2.75) is 110 Å². The van der Waals surface area contributed by atoms with Crippen LogP contribution in [0.5, 0.6) is 0 Å². The Morgan fingerprint density at radius 3 is 1.48 bits per heavy atom. The molecule has 4 unspecified atom stereocenters. The second-order valence-corrected chi connectivity index (χ2v) is 14.3. The monoisotopic (exact) mass is 794 g/mol. The second-order valence-electron chi connectivity index (χ2n) is 14.3. The van der Waals surface area contributed by atoms with Crippen LogP contribution in [0.4, 0.5) is 0 Å². The van der Waals surface area contributed by atoms with Gasteiger partial charge in [0.1, 0.15) is 5.78 Å². The van der Waals surface area contributed by atoms with Gasteiger partial charge in [0.2, 0.25) is 5.91 Å². The van der Waals surface area contributed by atoms with Crippen molar-refractivity contribution in [2.75, 3.05) is 19.6 Å². The highest BCUT2D eigenvalue weighted by Crippen LogP contribution is 2.48. The van der Waals surface area contributed by atoms with Crippen LogP contribution in [-0.4, -0.2) is 42.3 Å². The molecule has 9 heteroatoms. The zero-order valence-corrected chi connectivity index (χ0v) is 33.4. The molecule has 4 atom stereocenters. The van der Waals surface area contributed by atoms with E-state index >= 15 is 0 Å². The van der Waals surface area contributed by atoms with Crippen LogP contribution in [-0.2, 0) is 9.59 Å². The van der Waals surface area contributed by atoms with Gasteiger partial charge in [-0.15, -0.1) is 5.53 Å². The molecular weight excluding hydrogens is 723 g/mol. The van der Waals surface area contributed by atoms with Crippen LogP contribution >= 0.6 is 0 Å². The molecule has 0 aromatic rings. The minimum absolute atomic E-state index is 0. The lowest BCUT2D eigenvalue weighted by Gasteiger charge is -2.44. The van der Waals surface area contributed by atoms with Crippen molar-refractivity contribution in [1.82, 2.24) is 10.2 Å². The van der Waals surface area contributed by atoms with Gasteiger partial charge in [0.25, 0.3) is 0 Å². The van der Waals surface area contributed by atoms with E-state index < -0.39 is 0 Å². The summed E-state index contributed by atoms with van der Waals surface area (Å²) in [6.45, 7) is 6.09. The Balaban J connectivity index is -0.0000000885. The number of amides is 1. The number of nitrogens with one attached hydrogen (secondary N) is 2. The zero-order chi connectivity index (χ0) is 42.1. The third-order valence-corrected chi connectivity index (χ3v) is 10.7. The highest BCUT2D eigenvalue weighted by molar-refractivity contribution is 5.87. The second kappa shape index (κ2) is 29.5. The maximum absolute atomic E-state index is 13.0. The number of fused-ring (bicyclic) bond motifs is 1. The molecule has 1 heterocycles. The number of nitrogens with zero attached hydrogens (tertiary/aromatic N) is 3. The maximum Gasteiger partial charge on any atom is 0.234 e. The summed E-state index contributed by atoms with van der Waals surface area (Å²) >= 11 is 0. The number of piperidine rings is 1. The van der Waals surface area contributed by atoms with Gasteiger partial charge in [-0.05, 0) is 201 Å². The first kappa shape index (κ1) is 47.3. The van der Waals surface area contributed by atoms with Gasteiger partial charge in [0.15, 0.2) is 0 Å². The van der Waals surface area contributed by atoms with Crippen molar-refractivity contribution >= 4 is 11.7 Å². The fourth-order valence-corrected chi connectivity index (χ4v) is 8.05. The number of rotatable bonds is 5. The van der Waals surface area contributed by atoms with Gasteiger partial charge in [0, 0.05) is 68.6 Å². The van der Waals surface area contributed by atoms with Gasteiger partial charge in [-0.2, -0.15) is 0 Å². The molecule has 1 amide bonds. The van der Waals surface area contributed by atoms with Crippen molar-refractivity contribution in [3.63, 3.8) is 0 Å². The Kier molecular flexibility index (Phi) is 24.0. The van der Waals surface area contributed by atoms with E-state index in [1.807, 2.05) is 0 Å². The van der Waals surface area contributed by atoms with Crippen LogP contribution in [0, 0.1) is 175 Å². The van der Waals surface area contributed by atoms with E-state index in [1.165, 1.54) is 70.6 Å². The Morgan fingerprint density at radius 2 is 1.07 bits per heavy atom. The standard InChI is InChI=1S/C25H40N2O2.C24H6.HN3.O2.12H2/c28-22(17-27-14-12-25(13-15-27)10-4-1-5-11-25)26-23-20-7-3-2-6-19(20)16-21(23)24(29)18-8-9-18;1-3-5-7-9-11-13-15-17-19-21-23-24-22-20-18-16-14-12-10-8-6-4-2;1-3-2;1-2;;;;;;;;;;;;/h18-21,23H,1-17H2,(H,26,28);1-2H3;1H;;12*1H. The van der Waals surface area contributed by atoms with Crippen LogP contribution in [0.1, 0.15) is 121 Å². The molecule has 9 nitrogen and oxygen atoms in total. The van der Waals surface area contributed by atoms with E-state index in [9.17, 15) is 9.59 Å². The molecule has 58 heavy (non-hydrogen) atoms. The molecule has 0 radical (unpaired) electrons. The molecule has 1 aliphatic heterocycles. The number of ketones is 1. The molecule has 5 rings (SSSR count). The van der Waals surface area contributed by atoms with E-state index in [0.717, 1.165) is 32.4 Å². The summed E-state index contributed by atoms with van der Waals surface area (Å²) in [4.78, 5) is 44.1. The first-order valence-electron chi connectivity index (χ1n) is 19.5. The Bertz CT molecular complexity index is 2140. The molecular formula is C49H71N5O4. The van der Waals surface area contributed by atoms with Crippen LogP contribution < -0.4 is 5.32 Å². The van der Waals surface area contributed by atoms with E-state index in [1.54, 1.807) is 18.8 Å². The van der Waals surface area contributed by atoms with E-state index in [2.05, 4.69) is 140 Å². The molecule has 2 N–H and O–H groups in total. The molecule has 0 bridgehead atoms. The summed E-state index contributed by atoms with van der Waals surface area (Å²) in [6.07, 6.45) is 17.8. The molecule has 5 fully saturated rings. The lowest BCUT2D eigenvalue weighted by Crippen LogP contribution is -2.50. The van der Waals surface area contributed by atoms with E-state index in [0.29, 0.717) is 35.5 Å². The number of likely N-dealkylation sites (tertiary alicyclic amines) is 1. The van der Waals surface area contributed by atoms with E-state index in [4.69, 9.17) is 21.0 Å². The SMILES string of the molecule is CC#CC#CC#CC#CC#CC#CC#CC#CC#CC#CC#CC.O=C(CN1CCC2(CCCCC2)CC1)NC1C(C(=O)C2CC2)CC2CCCCC21.O=O.[HH].[HH].[HH].[HH].[HH].[HH].[HH].[HH].[HH].[HH].[HH].[HH].[N-]=[N+]=N. The highest BCUT2D eigenvalue weighted by atomic mass is 16.7. The molecule has 1 saturated heterocycles. The van der Waals surface area contributed by atoms with Gasteiger partial charge in [-0.3, -0.25) is 14.5 Å². The van der Waals surface area contributed by atoms with Crippen molar-refractivity contribution in [3.8, 4) is 130 Å². The van der Waals surface area contributed by atoms with Crippen LogP contribution in [0.25, 0.3) is 10.4 Å². The number of carbonyl (C=O) groups excluding carboxylic acids is 2. The van der Waals surface area contributed by atoms with Gasteiger partial charge in [0.05, 0.1) is 6.54 Å². The predicted molar refractivity (Wildman–Crippen MR) is 253 cm³/mol. The lowest BCUT2D eigenvalue weighted by molar-refractivity contribution is -0.127. The molecule has 1 spiro atoms. The van der Waals surface area contributed by atoms with Crippen molar-refractivity contribution in [3.05, 3.63) is 20.4 Å². The minimum Gasteiger partial charge on any atom is -0.351 e. The Labute approximate surface area is 363 Å². The average molecular weight is 794 g/mol. The van der Waals surface area contributed by atoms with Crippen molar-refractivity contribution in [2.24, 2.45) is 29.1 Å². The normalized spacial score (nSPS) is 20.4. The van der Waals surface area contributed by atoms with Gasteiger partial charge in [-0.1, -0.05) is 50.4 Å². The largest absolute Gasteiger partial charge is 0.351 e. The Morgan fingerprint density at radius 1 is 0.655 bits per heavy atom. The third-order valence-electron chi connectivity index (χ3n) is 10.7. The van der Waals surface area contributed by atoms with Gasteiger partial charge in [-0.25, -0.2) is 0 Å². The topological polar surface area (TPSA) is 144 Å². The van der Waals surface area contributed by atoms with Crippen LogP contribution in [0.15, 0.2) is 0 Å². The smallest absolute Gasteiger partial charge is 0.234 e. The number of carbonyl (C=O) groups is 2. The number of Topliss-reactive ketones (excluding diaryl/α,β-unsaturated/α-hetero) is 1. The van der Waals surface area contributed by atoms with Crippen LogP contribution in [0.2, 0.25) is 0 Å². The number of hydrogen-bond donors (Lipinski definition) is 2. The van der Waals surface area contributed by atoms with Gasteiger partial charge >= 0.3 is 0 Å². The first-order valence-corrected chi connectivity index (χ1v) is 19.5. The zero-order valence-electron chi connectivity index (χ0n) is 33.4. The molecule has 316 valence electrons. The predicted octanol–water partition coefficient (Wildman–Crippen LogP) is 9.28. The molecule has 4 aliphatic carbocycles. The summed E-state index contributed by atoms with van der Waals surface area (Å²) in [5, 5.41) is 3.41. The third kappa shape index (κ3) is 18.7. The first-order chi connectivity index (χ1) is 28.5. The summed E-state index contributed by atoms with van der Waals surface area (Å²) in [5.74, 6) is 57.9. The number of hydrogen-bond acceptors (Lipinski definition) is 6. The maximum atomic E-state index is 13.0. The average Bonchev–Trinajstić information content (AvgIpc) is 4.04. The fraction of sp³-hybridized carbons (Fsp3) is 0.510. The minimum atomic E-state index is 0. The molecule has 0 aromatic heterocycles. The van der Waals surface area contributed by atoms with Crippen LogP contribution in [0.3, 0.4) is 0 Å². The summed E-state index contributed by atoms with van der Waals surface area (Å²) in [6, 6.07) is 0.121. The fourth-order valence-electron chi connectivity index (χ4n) is 8.05. The summed E-state index contributed by atoms with van der Waals surface area (Å²) < 4.78 is 0. The highest BCUT2D eigenvalue weighted by Gasteiger charge is 2.50. The molecule has 5 aliphatic rings. The summed E-state index contributed by atoms with van der Waals surface area (Å²) in [7, 11) is 0. The Hall–Kier alpha value is -6.83. The van der Waals surface area contributed by atoms with Crippen molar-refractivity contribution < 1.29 is 26.7 Å². The molecule has 0 aromatic carbocycles. The van der Waals surface area contributed by atoms with Crippen molar-refractivity contribution in [1.29, 1.82) is 5.53 Å². The lowest BCUT2D eigenvalue weighted by atomic mass is 9.68.